The van der Waals surface area contributed by atoms with Gasteiger partial charge in [0.25, 0.3) is 5.91 Å². The third kappa shape index (κ3) is 3.55. The van der Waals surface area contributed by atoms with Gasteiger partial charge in [0, 0.05) is 24.0 Å². The van der Waals surface area contributed by atoms with Crippen molar-refractivity contribution in [1.82, 2.24) is 14.9 Å². The molecule has 1 N–H and O–H groups in total. The van der Waals surface area contributed by atoms with Crippen molar-refractivity contribution in [2.75, 3.05) is 6.54 Å². The van der Waals surface area contributed by atoms with Crippen LogP contribution in [0, 0.1) is 6.92 Å². The fourth-order valence-electron chi connectivity index (χ4n) is 1.88. The van der Waals surface area contributed by atoms with Gasteiger partial charge in [0.1, 0.15) is 0 Å². The lowest BCUT2D eigenvalue weighted by atomic mass is 10.1. The lowest BCUT2D eigenvalue weighted by Crippen LogP contribution is -2.24. The van der Waals surface area contributed by atoms with Gasteiger partial charge < -0.3 is 9.88 Å². The summed E-state index contributed by atoms with van der Waals surface area (Å²) in [5, 5.41) is 2.46. The zero-order chi connectivity index (χ0) is 16.3. The molecule has 0 bridgehead atoms. The van der Waals surface area contributed by atoms with Gasteiger partial charge in [-0.05, 0) is 25.1 Å². The summed E-state index contributed by atoms with van der Waals surface area (Å²) in [4.78, 5) is 15.9. The van der Waals surface area contributed by atoms with E-state index in [9.17, 15) is 18.0 Å². The molecule has 0 saturated heterocycles. The number of alkyl halides is 3. The highest BCUT2D eigenvalue weighted by molar-refractivity contribution is 5.95. The Morgan fingerprint density at radius 3 is 2.68 bits per heavy atom. The third-order valence-corrected chi connectivity index (χ3v) is 2.92. The lowest BCUT2D eigenvalue weighted by Gasteiger charge is -2.12. The molecule has 4 nitrogen and oxygen atoms in total. The van der Waals surface area contributed by atoms with Crippen LogP contribution in [0.15, 0.2) is 43.4 Å². The van der Waals surface area contributed by atoms with Gasteiger partial charge >= 0.3 is 6.18 Å². The maximum atomic E-state index is 13.0. The molecule has 0 radical (unpaired) electrons. The molecule has 2 rings (SSSR count). The van der Waals surface area contributed by atoms with E-state index in [1.54, 1.807) is 13.1 Å². The fourth-order valence-corrected chi connectivity index (χ4v) is 1.88. The van der Waals surface area contributed by atoms with Gasteiger partial charge in [-0.3, -0.25) is 4.79 Å². The van der Waals surface area contributed by atoms with E-state index in [-0.39, 0.29) is 17.8 Å². The minimum atomic E-state index is -4.54. The normalized spacial score (nSPS) is 11.3. The van der Waals surface area contributed by atoms with Gasteiger partial charge in [0.05, 0.1) is 17.6 Å². The van der Waals surface area contributed by atoms with Crippen molar-refractivity contribution in [2.24, 2.45) is 0 Å². The molecule has 22 heavy (non-hydrogen) atoms. The molecule has 0 aliphatic carbocycles. The number of benzene rings is 1. The van der Waals surface area contributed by atoms with Gasteiger partial charge in [-0.1, -0.05) is 6.08 Å². The monoisotopic (exact) mass is 309 g/mol. The summed E-state index contributed by atoms with van der Waals surface area (Å²) in [6.07, 6.45) is -0.109. The molecule has 116 valence electrons. The Hall–Kier alpha value is -2.57. The van der Waals surface area contributed by atoms with Crippen LogP contribution in [-0.4, -0.2) is 22.0 Å². The zero-order valence-electron chi connectivity index (χ0n) is 11.8. The molecule has 0 aliphatic heterocycles. The molecule has 1 aromatic carbocycles. The standard InChI is InChI=1S/C15H14F3N3O/c1-3-4-19-14(22)11-5-12(15(16,17)18)7-13(6-11)21-8-10(2)20-9-21/h3,5-9H,1,4H2,2H3,(H,19,22). The Morgan fingerprint density at radius 2 is 2.14 bits per heavy atom. The fraction of sp³-hybridized carbons (Fsp3) is 0.200. The number of hydrogen-bond acceptors (Lipinski definition) is 2. The number of imidazole rings is 1. The summed E-state index contributed by atoms with van der Waals surface area (Å²) in [5.74, 6) is -0.593. The topological polar surface area (TPSA) is 46.9 Å². The number of hydrogen-bond donors (Lipinski definition) is 1. The summed E-state index contributed by atoms with van der Waals surface area (Å²) < 4.78 is 40.5. The highest BCUT2D eigenvalue weighted by Crippen LogP contribution is 2.31. The zero-order valence-corrected chi connectivity index (χ0v) is 11.8. The first-order valence-corrected chi connectivity index (χ1v) is 6.43. The molecular formula is C15H14F3N3O. The third-order valence-electron chi connectivity index (χ3n) is 2.92. The van der Waals surface area contributed by atoms with Gasteiger partial charge in [0.15, 0.2) is 0 Å². The minimum Gasteiger partial charge on any atom is -0.349 e. The first-order chi connectivity index (χ1) is 10.3. The van der Waals surface area contributed by atoms with Crippen molar-refractivity contribution in [3.8, 4) is 5.69 Å². The molecule has 0 unspecified atom stereocenters. The second kappa shape index (κ2) is 6.05. The van der Waals surface area contributed by atoms with E-state index in [2.05, 4.69) is 16.9 Å². The molecule has 0 aliphatic rings. The molecular weight excluding hydrogens is 295 g/mol. The van der Waals surface area contributed by atoms with Crippen molar-refractivity contribution in [1.29, 1.82) is 0 Å². The van der Waals surface area contributed by atoms with Crippen LogP contribution in [0.3, 0.4) is 0 Å². The molecule has 1 amide bonds. The number of nitrogens with zero attached hydrogens (tertiary/aromatic N) is 2. The Kier molecular flexibility index (Phi) is 4.35. The summed E-state index contributed by atoms with van der Waals surface area (Å²) >= 11 is 0. The molecule has 7 heteroatoms. The Bertz CT molecular complexity index is 704. The first kappa shape index (κ1) is 15.8. The Labute approximate surface area is 125 Å². The first-order valence-electron chi connectivity index (χ1n) is 6.43. The molecule has 1 aromatic heterocycles. The van der Waals surface area contributed by atoms with E-state index in [0.717, 1.165) is 12.1 Å². The van der Waals surface area contributed by atoms with E-state index in [0.29, 0.717) is 5.69 Å². The molecule has 1 heterocycles. The van der Waals surface area contributed by atoms with Crippen LogP contribution in [-0.2, 0) is 6.18 Å². The minimum absolute atomic E-state index is 0.0713. The highest BCUT2D eigenvalue weighted by atomic mass is 19.4. The molecule has 0 spiro atoms. The van der Waals surface area contributed by atoms with Crippen molar-refractivity contribution in [3.05, 3.63) is 60.2 Å². The number of aryl methyl sites for hydroxylation is 1. The summed E-state index contributed by atoms with van der Waals surface area (Å²) in [6.45, 7) is 5.34. The van der Waals surface area contributed by atoms with Crippen LogP contribution >= 0.6 is 0 Å². The average molecular weight is 309 g/mol. The van der Waals surface area contributed by atoms with E-state index < -0.39 is 17.6 Å². The maximum Gasteiger partial charge on any atom is 0.416 e. The predicted molar refractivity (Wildman–Crippen MR) is 75.8 cm³/mol. The summed E-state index contributed by atoms with van der Waals surface area (Å²) in [5.41, 5.74) is -0.0765. The number of carbonyl (C=O) groups is 1. The van der Waals surface area contributed by atoms with Crippen LogP contribution in [0.2, 0.25) is 0 Å². The van der Waals surface area contributed by atoms with Gasteiger partial charge in [-0.2, -0.15) is 13.2 Å². The number of aromatic nitrogens is 2. The number of amides is 1. The van der Waals surface area contributed by atoms with E-state index in [1.165, 1.54) is 23.0 Å². The van der Waals surface area contributed by atoms with Gasteiger partial charge in [0.2, 0.25) is 0 Å². The van der Waals surface area contributed by atoms with Crippen molar-refractivity contribution in [3.63, 3.8) is 0 Å². The van der Waals surface area contributed by atoms with E-state index >= 15 is 0 Å². The van der Waals surface area contributed by atoms with Gasteiger partial charge in [-0.15, -0.1) is 6.58 Å². The average Bonchev–Trinajstić information content (AvgIpc) is 2.90. The van der Waals surface area contributed by atoms with Crippen LogP contribution < -0.4 is 5.32 Å². The smallest absolute Gasteiger partial charge is 0.349 e. The molecule has 0 atom stereocenters. The second-order valence-corrected chi connectivity index (χ2v) is 4.69. The number of halogens is 3. The maximum absolute atomic E-state index is 13.0. The molecule has 0 fully saturated rings. The number of nitrogens with one attached hydrogen (secondary N) is 1. The van der Waals surface area contributed by atoms with Crippen LogP contribution in [0.5, 0.6) is 0 Å². The summed E-state index contributed by atoms with van der Waals surface area (Å²) in [6, 6.07) is 3.19. The van der Waals surface area contributed by atoms with Crippen molar-refractivity contribution < 1.29 is 18.0 Å². The molecule has 2 aromatic rings. The second-order valence-electron chi connectivity index (χ2n) is 4.69. The van der Waals surface area contributed by atoms with Crippen molar-refractivity contribution in [2.45, 2.75) is 13.1 Å². The largest absolute Gasteiger partial charge is 0.416 e. The number of carbonyl (C=O) groups excluding carboxylic acids is 1. The SMILES string of the molecule is C=CCNC(=O)c1cc(-n2cnc(C)c2)cc(C(F)(F)F)c1. The Morgan fingerprint density at radius 1 is 1.41 bits per heavy atom. The van der Waals surface area contributed by atoms with E-state index in [4.69, 9.17) is 0 Å². The molecule has 0 saturated carbocycles. The summed E-state index contributed by atoms with van der Waals surface area (Å²) in [7, 11) is 0. The highest BCUT2D eigenvalue weighted by Gasteiger charge is 2.32. The lowest BCUT2D eigenvalue weighted by molar-refractivity contribution is -0.137. The van der Waals surface area contributed by atoms with Crippen LogP contribution in [0.1, 0.15) is 21.6 Å². The predicted octanol–water partition coefficient (Wildman–Crippen LogP) is 3.12. The Balaban J connectivity index is 2.50. The number of rotatable bonds is 4. The quantitative estimate of drug-likeness (QED) is 0.882. The van der Waals surface area contributed by atoms with Gasteiger partial charge in [-0.25, -0.2) is 4.98 Å². The van der Waals surface area contributed by atoms with E-state index in [1.807, 2.05) is 0 Å². The van der Waals surface area contributed by atoms with Crippen LogP contribution in [0.4, 0.5) is 13.2 Å². The van der Waals surface area contributed by atoms with Crippen LogP contribution in [0.25, 0.3) is 5.69 Å². The van der Waals surface area contributed by atoms with Crippen molar-refractivity contribution >= 4 is 5.91 Å².